The van der Waals surface area contributed by atoms with Gasteiger partial charge in [0.25, 0.3) is 0 Å². The van der Waals surface area contributed by atoms with Crippen molar-refractivity contribution in [3.8, 4) is 0 Å². The van der Waals surface area contributed by atoms with Gasteiger partial charge in [0, 0.05) is 6.04 Å². The minimum Gasteiger partial charge on any atom is -0.326 e. The second-order valence-electron chi connectivity index (χ2n) is 5.87. The highest BCUT2D eigenvalue weighted by Gasteiger charge is 2.34. The zero-order valence-electron chi connectivity index (χ0n) is 10.1. The number of nitrogens with two attached hydrogens (primary N) is 1. The molecule has 1 unspecified atom stereocenters. The van der Waals surface area contributed by atoms with E-state index in [9.17, 15) is 8.42 Å². The maximum atomic E-state index is 11.8. The zero-order chi connectivity index (χ0) is 11.8. The van der Waals surface area contributed by atoms with Gasteiger partial charge in [0.15, 0.2) is 9.84 Å². The van der Waals surface area contributed by atoms with Crippen LogP contribution in [-0.4, -0.2) is 25.0 Å². The fourth-order valence-corrected chi connectivity index (χ4v) is 2.21. The van der Waals surface area contributed by atoms with E-state index in [0.29, 0.717) is 0 Å². The first-order valence-corrected chi connectivity index (χ1v) is 6.51. The Kier molecular flexibility index (Phi) is 3.79. The van der Waals surface area contributed by atoms with Crippen LogP contribution in [0.2, 0.25) is 0 Å². The van der Waals surface area contributed by atoms with Gasteiger partial charge >= 0.3 is 0 Å². The fourth-order valence-electron chi connectivity index (χ4n) is 0.736. The monoisotopic (exact) mass is 221 g/mol. The summed E-state index contributed by atoms with van der Waals surface area (Å²) in [6, 6.07) is -0.313. The third-order valence-corrected chi connectivity index (χ3v) is 5.11. The molecular formula is C10H23NO2S. The van der Waals surface area contributed by atoms with Crippen LogP contribution in [-0.2, 0) is 9.84 Å². The largest absolute Gasteiger partial charge is 0.326 e. The number of hydrogen-bond donors (Lipinski definition) is 1. The Hall–Kier alpha value is -0.0900. The molecule has 0 bridgehead atoms. The first kappa shape index (κ1) is 13.9. The van der Waals surface area contributed by atoms with Crippen LogP contribution in [0.5, 0.6) is 0 Å². The molecular weight excluding hydrogens is 198 g/mol. The lowest BCUT2D eigenvalue weighted by Gasteiger charge is -2.29. The van der Waals surface area contributed by atoms with E-state index in [1.807, 2.05) is 20.8 Å². The van der Waals surface area contributed by atoms with E-state index in [2.05, 4.69) is 0 Å². The highest BCUT2D eigenvalue weighted by Crippen LogP contribution is 2.23. The number of rotatable bonds is 2. The lowest BCUT2D eigenvalue weighted by molar-refractivity contribution is 0.339. The molecule has 0 saturated heterocycles. The summed E-state index contributed by atoms with van der Waals surface area (Å²) in [7, 11) is -3.11. The van der Waals surface area contributed by atoms with Crippen molar-refractivity contribution in [1.82, 2.24) is 0 Å². The van der Waals surface area contributed by atoms with E-state index >= 15 is 0 Å². The molecule has 1 atom stereocenters. The van der Waals surface area contributed by atoms with Crippen LogP contribution in [0.15, 0.2) is 0 Å². The minimum atomic E-state index is -3.11. The molecule has 2 N–H and O–H groups in total. The van der Waals surface area contributed by atoms with Gasteiger partial charge in [0.1, 0.15) is 0 Å². The molecule has 0 fully saturated rings. The summed E-state index contributed by atoms with van der Waals surface area (Å²) in [5, 5.41) is 0. The maximum absolute atomic E-state index is 11.8. The van der Waals surface area contributed by atoms with E-state index in [-0.39, 0.29) is 17.2 Å². The van der Waals surface area contributed by atoms with Crippen molar-refractivity contribution in [2.75, 3.05) is 5.75 Å². The normalized spacial score (nSPS) is 16.8. The lowest BCUT2D eigenvalue weighted by atomic mass is 9.89. The second-order valence-corrected chi connectivity index (χ2v) is 8.65. The quantitative estimate of drug-likeness (QED) is 0.770. The van der Waals surface area contributed by atoms with Crippen molar-refractivity contribution in [1.29, 1.82) is 0 Å². The molecule has 4 heteroatoms. The fraction of sp³-hybridized carbons (Fsp3) is 1.00. The van der Waals surface area contributed by atoms with Gasteiger partial charge in [0.2, 0.25) is 0 Å². The first-order valence-electron chi connectivity index (χ1n) is 4.86. The Labute approximate surface area is 88.0 Å². The summed E-state index contributed by atoms with van der Waals surface area (Å²) in [6.45, 7) is 11.0. The molecule has 0 rings (SSSR count). The molecule has 0 aromatic rings. The van der Waals surface area contributed by atoms with Crippen LogP contribution in [0.25, 0.3) is 0 Å². The van der Waals surface area contributed by atoms with Crippen LogP contribution in [0.4, 0.5) is 0 Å². The van der Waals surface area contributed by atoms with E-state index in [0.717, 1.165) is 0 Å². The summed E-state index contributed by atoms with van der Waals surface area (Å²) in [5.41, 5.74) is 5.69. The van der Waals surface area contributed by atoms with Crippen LogP contribution in [0.1, 0.15) is 41.5 Å². The van der Waals surface area contributed by atoms with Gasteiger partial charge in [-0.15, -0.1) is 0 Å². The molecule has 86 valence electrons. The third kappa shape index (κ3) is 3.58. The van der Waals surface area contributed by atoms with Gasteiger partial charge < -0.3 is 5.73 Å². The van der Waals surface area contributed by atoms with Gasteiger partial charge in [-0.05, 0) is 26.2 Å². The van der Waals surface area contributed by atoms with Crippen molar-refractivity contribution in [2.45, 2.75) is 52.3 Å². The Morgan fingerprint density at radius 2 is 1.43 bits per heavy atom. The summed E-state index contributed by atoms with van der Waals surface area (Å²) in [4.78, 5) is 0. The molecule has 14 heavy (non-hydrogen) atoms. The number of hydrogen-bond acceptors (Lipinski definition) is 3. The topological polar surface area (TPSA) is 60.2 Å². The summed E-state index contributed by atoms with van der Waals surface area (Å²) >= 11 is 0. The van der Waals surface area contributed by atoms with E-state index in [1.54, 1.807) is 20.8 Å². The Bertz CT molecular complexity index is 280. The Balaban J connectivity index is 4.72. The van der Waals surface area contributed by atoms with Crippen molar-refractivity contribution in [3.05, 3.63) is 0 Å². The molecule has 0 aliphatic heterocycles. The average molecular weight is 221 g/mol. The highest BCUT2D eigenvalue weighted by molar-refractivity contribution is 7.92. The predicted molar refractivity (Wildman–Crippen MR) is 61.0 cm³/mol. The van der Waals surface area contributed by atoms with Gasteiger partial charge in [-0.25, -0.2) is 8.42 Å². The molecule has 0 aromatic carbocycles. The molecule has 0 heterocycles. The Morgan fingerprint density at radius 1 is 1.07 bits per heavy atom. The van der Waals surface area contributed by atoms with Gasteiger partial charge in [-0.1, -0.05) is 20.8 Å². The number of sulfone groups is 1. The van der Waals surface area contributed by atoms with Gasteiger partial charge in [0.05, 0.1) is 10.5 Å². The first-order chi connectivity index (χ1) is 5.88. The van der Waals surface area contributed by atoms with Crippen LogP contribution in [0.3, 0.4) is 0 Å². The smallest absolute Gasteiger partial charge is 0.156 e. The molecule has 0 saturated carbocycles. The average Bonchev–Trinajstić information content (AvgIpc) is 1.80. The predicted octanol–water partition coefficient (Wildman–Crippen LogP) is 1.57. The van der Waals surface area contributed by atoms with E-state index < -0.39 is 14.6 Å². The summed E-state index contributed by atoms with van der Waals surface area (Å²) in [6.07, 6.45) is 0. The molecule has 0 amide bonds. The van der Waals surface area contributed by atoms with E-state index in [1.165, 1.54) is 0 Å². The second kappa shape index (κ2) is 3.81. The van der Waals surface area contributed by atoms with Crippen LogP contribution < -0.4 is 5.73 Å². The van der Waals surface area contributed by atoms with E-state index in [4.69, 9.17) is 5.73 Å². The van der Waals surface area contributed by atoms with Crippen molar-refractivity contribution in [3.63, 3.8) is 0 Å². The summed E-state index contributed by atoms with van der Waals surface area (Å²) in [5.74, 6) is 0.0556. The lowest BCUT2D eigenvalue weighted by Crippen LogP contribution is -2.45. The molecule has 0 aliphatic rings. The maximum Gasteiger partial charge on any atom is 0.156 e. The van der Waals surface area contributed by atoms with Crippen LogP contribution >= 0.6 is 0 Å². The standard InChI is InChI=1S/C10H23NO2S/c1-9(2,3)8(11)7-14(12,13)10(4,5)6/h8H,7,11H2,1-6H3. The molecule has 0 radical (unpaired) electrons. The van der Waals surface area contributed by atoms with Crippen LogP contribution in [0, 0.1) is 5.41 Å². The highest BCUT2D eigenvalue weighted by atomic mass is 32.2. The van der Waals surface area contributed by atoms with Gasteiger partial charge in [-0.2, -0.15) is 0 Å². The molecule has 0 aromatic heterocycles. The third-order valence-electron chi connectivity index (χ3n) is 2.44. The zero-order valence-corrected chi connectivity index (χ0v) is 10.9. The molecule has 0 aliphatic carbocycles. The van der Waals surface area contributed by atoms with Crippen molar-refractivity contribution < 1.29 is 8.42 Å². The molecule has 0 spiro atoms. The molecule has 3 nitrogen and oxygen atoms in total. The van der Waals surface area contributed by atoms with Crippen molar-refractivity contribution in [2.24, 2.45) is 11.1 Å². The summed E-state index contributed by atoms with van der Waals surface area (Å²) < 4.78 is 22.9. The minimum absolute atomic E-state index is 0.0556. The van der Waals surface area contributed by atoms with Crippen molar-refractivity contribution >= 4 is 9.84 Å². The Morgan fingerprint density at radius 3 is 1.64 bits per heavy atom. The SMILES string of the molecule is CC(C)(C)C(N)CS(=O)(=O)C(C)(C)C. The van der Waals surface area contributed by atoms with Gasteiger partial charge in [-0.3, -0.25) is 0 Å².